The molecule has 3 heterocycles. The van der Waals surface area contributed by atoms with Crippen LogP contribution in [0.25, 0.3) is 0 Å². The largest absolute Gasteiger partial charge is 0.390 e. The number of carbonyl (C=O) groups excluding carboxylic acids is 3. The zero-order chi connectivity index (χ0) is 37.1. The summed E-state index contributed by atoms with van der Waals surface area (Å²) in [5, 5.41) is 22.9. The smallest absolute Gasteiger partial charge is 0.245 e. The number of nitrogens with zero attached hydrogens (tertiary/aromatic N) is 7. The van der Waals surface area contributed by atoms with Gasteiger partial charge in [-0.15, -0.1) is 0 Å². The van der Waals surface area contributed by atoms with Gasteiger partial charge in [0.15, 0.2) is 11.6 Å². The summed E-state index contributed by atoms with van der Waals surface area (Å²) in [5.74, 6) is -0.588. The number of nitrogens with one attached hydrogen (secondary N) is 2. The van der Waals surface area contributed by atoms with Crippen molar-refractivity contribution in [2.45, 2.75) is 112 Å². The predicted octanol–water partition coefficient (Wildman–Crippen LogP) is 2.39. The quantitative estimate of drug-likeness (QED) is 0.262. The summed E-state index contributed by atoms with van der Waals surface area (Å²) in [7, 11) is 3.71. The van der Waals surface area contributed by atoms with Crippen LogP contribution in [0, 0.1) is 0 Å². The Morgan fingerprint density at radius 2 is 1.65 bits per heavy atom. The number of likely N-dealkylation sites (N-methyl/N-ethyl adjacent to an activating group) is 2. The third kappa shape index (κ3) is 19.3. The molecule has 3 rings (SSSR count). The van der Waals surface area contributed by atoms with Crippen LogP contribution >= 0.6 is 0 Å². The molecule has 0 spiro atoms. The first-order chi connectivity index (χ1) is 22.4. The van der Waals surface area contributed by atoms with Crippen LogP contribution < -0.4 is 10.6 Å². The van der Waals surface area contributed by atoms with Crippen LogP contribution in [0.3, 0.4) is 0 Å². The molecule has 1 aliphatic rings. The minimum absolute atomic E-state index is 0.0625. The highest BCUT2D eigenvalue weighted by molar-refractivity contribution is 5.83. The fraction of sp³-hybridized carbons (Fsp3) is 0.774. The fourth-order valence-corrected chi connectivity index (χ4v) is 3.60. The first kappa shape index (κ1) is 44.4. The molecule has 1 saturated heterocycles. The molecule has 2 aromatic heterocycles. The molecule has 1 aliphatic heterocycles. The van der Waals surface area contributed by atoms with E-state index in [1.165, 1.54) is 13.8 Å². The summed E-state index contributed by atoms with van der Waals surface area (Å²) in [5.41, 5.74) is -0.0991. The molecule has 48 heavy (non-hydrogen) atoms. The third-order valence-corrected chi connectivity index (χ3v) is 6.57. The van der Waals surface area contributed by atoms with Gasteiger partial charge in [0.1, 0.15) is 0 Å². The van der Waals surface area contributed by atoms with Gasteiger partial charge in [-0.3, -0.25) is 24.2 Å². The minimum Gasteiger partial charge on any atom is -0.390 e. The lowest BCUT2D eigenvalue weighted by Gasteiger charge is -2.17. The lowest BCUT2D eigenvalue weighted by molar-refractivity contribution is -0.125. The van der Waals surface area contributed by atoms with E-state index >= 15 is 0 Å². The number of aromatic nitrogens is 4. The second-order valence-corrected chi connectivity index (χ2v) is 12.3. The Bertz CT molecular complexity index is 1200. The second kappa shape index (κ2) is 22.1. The Kier molecular flexibility index (Phi) is 20.5. The summed E-state index contributed by atoms with van der Waals surface area (Å²) in [6, 6.07) is -0.380. The molecule has 2 unspecified atom stereocenters. The Morgan fingerprint density at radius 1 is 1.04 bits per heavy atom. The van der Waals surface area contributed by atoms with Gasteiger partial charge >= 0.3 is 0 Å². The van der Waals surface area contributed by atoms with E-state index in [2.05, 4.69) is 30.9 Å². The van der Waals surface area contributed by atoms with Gasteiger partial charge in [-0.05, 0) is 14.0 Å². The van der Waals surface area contributed by atoms with Gasteiger partial charge in [-0.2, -0.15) is 9.97 Å². The average molecular weight is 690 g/mol. The van der Waals surface area contributed by atoms with Crippen molar-refractivity contribution in [2.24, 2.45) is 0 Å². The molecule has 0 aromatic carbocycles. The van der Waals surface area contributed by atoms with Crippen molar-refractivity contribution < 1.29 is 37.3 Å². The maximum absolute atomic E-state index is 11.7. The molecule has 0 radical (unpaired) electrons. The molecule has 3 amide bonds. The third-order valence-electron chi connectivity index (χ3n) is 6.57. The number of halogens is 2. The van der Waals surface area contributed by atoms with Crippen molar-refractivity contribution in [3.8, 4) is 0 Å². The molecule has 0 aliphatic carbocycles. The van der Waals surface area contributed by atoms with E-state index < -0.39 is 12.0 Å². The SMILES string of the molecule is CC.CCC(C)(F)F.CCc1noc(CN2CC(O)C(NC(=O)CNC(C)=O)C2)n1.CN(C=O)CCN(C)Cc1nc(C(C)(C)C)no1. The van der Waals surface area contributed by atoms with E-state index in [0.717, 1.165) is 25.7 Å². The first-order valence-corrected chi connectivity index (χ1v) is 16.2. The number of amides is 3. The van der Waals surface area contributed by atoms with E-state index in [-0.39, 0.29) is 36.2 Å². The van der Waals surface area contributed by atoms with Crippen LogP contribution in [0.1, 0.15) is 92.2 Å². The Hall–Kier alpha value is -3.57. The Morgan fingerprint density at radius 3 is 2.12 bits per heavy atom. The van der Waals surface area contributed by atoms with Gasteiger partial charge in [-0.1, -0.05) is 58.8 Å². The highest BCUT2D eigenvalue weighted by Gasteiger charge is 2.33. The number of hydrogen-bond acceptors (Lipinski definition) is 12. The van der Waals surface area contributed by atoms with Crippen molar-refractivity contribution in [2.75, 3.05) is 46.8 Å². The van der Waals surface area contributed by atoms with Crippen LogP contribution in [0.4, 0.5) is 8.78 Å². The van der Waals surface area contributed by atoms with Crippen molar-refractivity contribution in [1.82, 2.24) is 45.6 Å². The van der Waals surface area contributed by atoms with Crippen LogP contribution in [-0.2, 0) is 39.3 Å². The van der Waals surface area contributed by atoms with Gasteiger partial charge in [0.25, 0.3) is 0 Å². The maximum atomic E-state index is 11.7. The lowest BCUT2D eigenvalue weighted by Crippen LogP contribution is -2.46. The standard InChI is InChI=1S/C13H21N5O4.C12H22N4O2.C4H8F2.C2H6/c1-3-11-16-13(22-17-11)7-18-5-9(10(20)6-18)15-12(21)4-14-8(2)19;1-12(2,3)11-13-10(18-14-11)8-15(4)6-7-16(5)9-17;1-3-4(2,5)6;1-2/h9-10,20H,3-7H2,1-2H3,(H,14,19)(H,15,21);9H,6-8H2,1-5H3;3H2,1-2H3;1-2H3. The normalized spacial score (nSPS) is 16.1. The van der Waals surface area contributed by atoms with E-state index in [0.29, 0.717) is 56.8 Å². The molecule has 2 atom stereocenters. The van der Waals surface area contributed by atoms with Gasteiger partial charge < -0.3 is 29.7 Å². The maximum Gasteiger partial charge on any atom is 0.245 e. The zero-order valence-corrected chi connectivity index (χ0v) is 30.5. The molecule has 1 fully saturated rings. The van der Waals surface area contributed by atoms with Gasteiger partial charge in [0, 0.05) is 58.4 Å². The van der Waals surface area contributed by atoms with E-state index in [4.69, 9.17) is 9.05 Å². The fourth-order valence-electron chi connectivity index (χ4n) is 3.60. The van der Waals surface area contributed by atoms with Crippen LogP contribution in [0.15, 0.2) is 9.05 Å². The minimum atomic E-state index is -2.46. The van der Waals surface area contributed by atoms with Crippen molar-refractivity contribution in [3.05, 3.63) is 23.4 Å². The molecule has 2 aromatic rings. The highest BCUT2D eigenvalue weighted by Crippen LogP contribution is 2.19. The summed E-state index contributed by atoms with van der Waals surface area (Å²) in [6.07, 6.45) is 0.786. The molecular weight excluding hydrogens is 632 g/mol. The predicted molar refractivity (Wildman–Crippen MR) is 176 cm³/mol. The molecule has 0 bridgehead atoms. The second-order valence-electron chi connectivity index (χ2n) is 12.3. The highest BCUT2D eigenvalue weighted by atomic mass is 19.3. The monoisotopic (exact) mass is 689 g/mol. The first-order valence-electron chi connectivity index (χ1n) is 16.2. The molecular formula is C31H57F2N9O6. The average Bonchev–Trinajstić information content (AvgIpc) is 3.76. The summed E-state index contributed by atoms with van der Waals surface area (Å²) >= 11 is 0. The van der Waals surface area contributed by atoms with Gasteiger partial charge in [0.2, 0.25) is 35.9 Å². The van der Waals surface area contributed by atoms with Gasteiger partial charge in [-0.25, -0.2) is 8.78 Å². The number of carbonyl (C=O) groups is 3. The van der Waals surface area contributed by atoms with E-state index in [1.54, 1.807) is 11.9 Å². The molecule has 0 saturated carbocycles. The van der Waals surface area contributed by atoms with Crippen molar-refractivity contribution in [1.29, 1.82) is 0 Å². The Balaban J connectivity index is 0.000000764. The van der Waals surface area contributed by atoms with Crippen LogP contribution in [0.5, 0.6) is 0 Å². The molecule has 276 valence electrons. The number of aliphatic hydroxyl groups excluding tert-OH is 1. The summed E-state index contributed by atoms with van der Waals surface area (Å²) in [6.45, 7) is 19.1. The van der Waals surface area contributed by atoms with Gasteiger partial charge in [0.05, 0.1) is 31.8 Å². The van der Waals surface area contributed by atoms with E-state index in [9.17, 15) is 28.3 Å². The lowest BCUT2D eigenvalue weighted by atomic mass is 9.96. The van der Waals surface area contributed by atoms with Crippen LogP contribution in [-0.4, -0.2) is 123 Å². The zero-order valence-electron chi connectivity index (χ0n) is 30.5. The Labute approximate surface area is 283 Å². The molecule has 15 nitrogen and oxygen atoms in total. The van der Waals surface area contributed by atoms with E-state index in [1.807, 2.05) is 58.4 Å². The van der Waals surface area contributed by atoms with Crippen LogP contribution in [0.2, 0.25) is 0 Å². The number of aryl methyl sites for hydroxylation is 1. The number of hydrogen-bond donors (Lipinski definition) is 3. The number of likely N-dealkylation sites (tertiary alicyclic amines) is 1. The van der Waals surface area contributed by atoms with Crippen molar-refractivity contribution >= 4 is 18.2 Å². The molecule has 3 N–H and O–H groups in total. The molecule has 17 heteroatoms. The summed E-state index contributed by atoms with van der Waals surface area (Å²) < 4.78 is 33.2. The number of alkyl halides is 2. The van der Waals surface area contributed by atoms with Crippen molar-refractivity contribution in [3.63, 3.8) is 0 Å². The topological polar surface area (TPSA) is 183 Å². The number of aliphatic hydroxyl groups is 1. The number of rotatable bonds is 13. The number of β-amino-alcohol motifs (C(OH)–C–C–N with tert-alkyl or cyclic N) is 1. The summed E-state index contributed by atoms with van der Waals surface area (Å²) in [4.78, 5) is 47.0.